The lowest BCUT2D eigenvalue weighted by molar-refractivity contribution is -0.164. The molecule has 45 heavy (non-hydrogen) atoms. The van der Waals surface area contributed by atoms with Crippen molar-refractivity contribution in [1.29, 1.82) is 0 Å². The van der Waals surface area contributed by atoms with E-state index in [2.05, 4.69) is 6.92 Å². The summed E-state index contributed by atoms with van der Waals surface area (Å²) in [7, 11) is 1.71. The number of likely N-dealkylation sites (tertiary alicyclic amines) is 1. The molecule has 10 heteroatoms. The van der Waals surface area contributed by atoms with Crippen LogP contribution < -0.4 is 0 Å². The summed E-state index contributed by atoms with van der Waals surface area (Å²) in [5.74, 6) is -3.41. The van der Waals surface area contributed by atoms with E-state index in [0.29, 0.717) is 25.9 Å². The molecule has 0 bridgehead atoms. The van der Waals surface area contributed by atoms with E-state index in [4.69, 9.17) is 9.47 Å². The molecule has 4 aliphatic heterocycles. The summed E-state index contributed by atoms with van der Waals surface area (Å²) in [5.41, 5.74) is -0.693. The lowest BCUT2D eigenvalue weighted by Crippen LogP contribution is -2.58. The van der Waals surface area contributed by atoms with Crippen LogP contribution in [0.1, 0.15) is 71.0 Å². The molecule has 4 aliphatic rings. The Kier molecular flexibility index (Phi) is 10.1. The number of unbranched alkanes of at least 4 members (excludes halogenated alkanes) is 2. The van der Waals surface area contributed by atoms with E-state index in [-0.39, 0.29) is 24.8 Å². The minimum atomic E-state index is -1.42. The molecular weight excluding hydrogens is 574 g/mol. The van der Waals surface area contributed by atoms with Crippen LogP contribution in [-0.4, -0.2) is 100 Å². The van der Waals surface area contributed by atoms with Gasteiger partial charge in [-0.15, -0.1) is 0 Å². The molecule has 10 nitrogen and oxygen atoms in total. The normalized spacial score (nSPS) is 33.5. The van der Waals surface area contributed by atoms with Crippen LogP contribution in [0.4, 0.5) is 0 Å². The van der Waals surface area contributed by atoms with Crippen LogP contribution in [-0.2, 0) is 28.7 Å². The first kappa shape index (κ1) is 32.9. The number of ether oxygens (including phenoxy) is 2. The Labute approximate surface area is 266 Å². The van der Waals surface area contributed by atoms with E-state index < -0.39 is 59.6 Å². The predicted octanol–water partition coefficient (Wildman–Crippen LogP) is 3.41. The van der Waals surface area contributed by atoms with E-state index in [0.717, 1.165) is 24.8 Å². The SMILES string of the molecule is CCCCCN1CC=C[C@]23O[C@@H]4/C=C\CCC(=O)N(C)[C@H](C)[C@@H](c5ccccc5)OC(=O)[C@@H]4[C@H]2C(=O)N([C@@H](CC)CO)[C@@H]3C1=O. The van der Waals surface area contributed by atoms with Gasteiger partial charge in [0.2, 0.25) is 17.7 Å². The summed E-state index contributed by atoms with van der Waals surface area (Å²) in [6.45, 7) is 6.41. The minimum Gasteiger partial charge on any atom is -0.455 e. The van der Waals surface area contributed by atoms with Crippen molar-refractivity contribution in [3.05, 3.63) is 60.2 Å². The smallest absolute Gasteiger partial charge is 0.313 e. The number of carbonyl (C=O) groups is 4. The first-order chi connectivity index (χ1) is 21.7. The number of hydrogen-bond donors (Lipinski definition) is 1. The molecule has 0 aliphatic carbocycles. The Bertz CT molecular complexity index is 1310. The molecule has 2 fully saturated rings. The van der Waals surface area contributed by atoms with Crippen molar-refractivity contribution in [2.45, 2.75) is 95.2 Å². The van der Waals surface area contributed by atoms with Gasteiger partial charge in [-0.25, -0.2) is 0 Å². The van der Waals surface area contributed by atoms with Gasteiger partial charge < -0.3 is 29.3 Å². The highest BCUT2D eigenvalue weighted by atomic mass is 16.6. The Morgan fingerprint density at radius 1 is 1.04 bits per heavy atom. The molecule has 0 aromatic heterocycles. The van der Waals surface area contributed by atoms with Gasteiger partial charge in [0, 0.05) is 26.6 Å². The number of nitrogens with zero attached hydrogens (tertiary/aromatic N) is 3. The van der Waals surface area contributed by atoms with Crippen LogP contribution in [0.25, 0.3) is 0 Å². The van der Waals surface area contributed by atoms with Gasteiger partial charge in [0.15, 0.2) is 0 Å². The molecule has 4 heterocycles. The summed E-state index contributed by atoms with van der Waals surface area (Å²) < 4.78 is 13.1. The monoisotopic (exact) mass is 621 g/mol. The molecule has 0 unspecified atom stereocenters. The zero-order valence-electron chi connectivity index (χ0n) is 26.8. The number of rotatable bonds is 8. The van der Waals surface area contributed by atoms with Crippen LogP contribution in [0, 0.1) is 11.8 Å². The number of likely N-dealkylation sites (N-methyl/N-ethyl adjacent to an activating group) is 1. The number of aliphatic hydroxyl groups is 1. The van der Waals surface area contributed by atoms with Crippen LogP contribution in [0.15, 0.2) is 54.6 Å². The van der Waals surface area contributed by atoms with Gasteiger partial charge >= 0.3 is 5.97 Å². The van der Waals surface area contributed by atoms with Gasteiger partial charge in [-0.3, -0.25) is 19.2 Å². The number of hydrogen-bond acceptors (Lipinski definition) is 7. The third-order valence-corrected chi connectivity index (χ3v) is 10.1. The summed E-state index contributed by atoms with van der Waals surface area (Å²) in [6, 6.07) is 7.15. The fourth-order valence-corrected chi connectivity index (χ4v) is 7.44. The second-order valence-corrected chi connectivity index (χ2v) is 12.7. The van der Waals surface area contributed by atoms with Crippen molar-refractivity contribution in [2.24, 2.45) is 11.8 Å². The Hall–Kier alpha value is -3.50. The highest BCUT2D eigenvalue weighted by Crippen LogP contribution is 2.54. The Balaban J connectivity index is 1.60. The second kappa shape index (κ2) is 13.9. The molecular formula is C35H47N3O7. The quantitative estimate of drug-likeness (QED) is 0.269. The van der Waals surface area contributed by atoms with Gasteiger partial charge in [-0.1, -0.05) is 81.3 Å². The lowest BCUT2D eigenvalue weighted by atomic mass is 9.77. The van der Waals surface area contributed by atoms with Gasteiger partial charge in [0.25, 0.3) is 0 Å². The predicted molar refractivity (Wildman–Crippen MR) is 168 cm³/mol. The average molecular weight is 622 g/mol. The standard InChI is InChI=1S/C35H47N3O7/c1-5-7-13-20-37-21-14-19-35-29(32(41)38(25(6-2)22-39)31(35)33(37)42)28-26(45-35)17-11-12-18-27(40)36(4)23(3)30(44-34(28)43)24-15-9-8-10-16-24/h8-11,14-17,19,23,25-26,28-31,39H,5-7,12-13,18,20-22H2,1-4H3/b17-11-/t23-,25+,26-,28+,29+,30+,31-,35+/m1/s1. The molecule has 0 saturated carbocycles. The highest BCUT2D eigenvalue weighted by molar-refractivity contribution is 5.99. The minimum absolute atomic E-state index is 0.0787. The topological polar surface area (TPSA) is 117 Å². The van der Waals surface area contributed by atoms with Gasteiger partial charge in [-0.2, -0.15) is 0 Å². The van der Waals surface area contributed by atoms with Crippen molar-refractivity contribution in [3.8, 4) is 0 Å². The van der Waals surface area contributed by atoms with Crippen LogP contribution in [0.3, 0.4) is 0 Å². The molecule has 244 valence electrons. The van der Waals surface area contributed by atoms with Crippen molar-refractivity contribution >= 4 is 23.7 Å². The maximum Gasteiger partial charge on any atom is 0.313 e. The molecule has 8 atom stereocenters. The maximum atomic E-state index is 14.6. The maximum absolute atomic E-state index is 14.6. The highest BCUT2D eigenvalue weighted by Gasteiger charge is 2.72. The fraction of sp³-hybridized carbons (Fsp3) is 0.600. The van der Waals surface area contributed by atoms with E-state index in [1.54, 1.807) is 22.9 Å². The summed E-state index contributed by atoms with van der Waals surface area (Å²) in [6.07, 6.45) is 9.52. The molecule has 2 saturated heterocycles. The largest absolute Gasteiger partial charge is 0.455 e. The first-order valence-corrected chi connectivity index (χ1v) is 16.4. The third-order valence-electron chi connectivity index (χ3n) is 10.1. The van der Waals surface area contributed by atoms with Crippen molar-refractivity contribution in [1.82, 2.24) is 14.7 Å². The molecule has 1 N–H and O–H groups in total. The van der Waals surface area contributed by atoms with Crippen molar-refractivity contribution in [3.63, 3.8) is 0 Å². The van der Waals surface area contributed by atoms with Gasteiger partial charge in [-0.05, 0) is 31.7 Å². The Morgan fingerprint density at radius 3 is 2.49 bits per heavy atom. The first-order valence-electron chi connectivity index (χ1n) is 16.4. The average Bonchev–Trinajstić information content (AvgIpc) is 3.44. The lowest BCUT2D eigenvalue weighted by Gasteiger charge is -2.38. The fourth-order valence-electron chi connectivity index (χ4n) is 7.44. The molecule has 1 spiro atoms. The number of cyclic esters (lactones) is 1. The molecule has 0 radical (unpaired) electrons. The number of benzene rings is 1. The number of aliphatic hydroxyl groups excluding tert-OH is 1. The third kappa shape index (κ3) is 5.94. The zero-order valence-corrected chi connectivity index (χ0v) is 26.8. The van der Waals surface area contributed by atoms with Gasteiger partial charge in [0.1, 0.15) is 23.7 Å². The van der Waals surface area contributed by atoms with E-state index in [1.165, 1.54) is 4.90 Å². The molecule has 3 amide bonds. The van der Waals surface area contributed by atoms with Crippen molar-refractivity contribution < 1.29 is 33.8 Å². The molecule has 5 rings (SSSR count). The second-order valence-electron chi connectivity index (χ2n) is 12.7. The van der Waals surface area contributed by atoms with Crippen molar-refractivity contribution in [2.75, 3.05) is 26.7 Å². The summed E-state index contributed by atoms with van der Waals surface area (Å²) in [5, 5.41) is 10.4. The number of esters is 1. The Morgan fingerprint density at radius 2 is 1.80 bits per heavy atom. The number of fused-ring (bicyclic) bond motifs is 2. The van der Waals surface area contributed by atoms with Gasteiger partial charge in [0.05, 0.1) is 30.7 Å². The number of allylic oxidation sites excluding steroid dienone is 1. The number of carbonyl (C=O) groups excluding carboxylic acids is 4. The van der Waals surface area contributed by atoms with Crippen LogP contribution in [0.2, 0.25) is 0 Å². The van der Waals surface area contributed by atoms with E-state index >= 15 is 0 Å². The zero-order chi connectivity index (χ0) is 32.3. The summed E-state index contributed by atoms with van der Waals surface area (Å²) >= 11 is 0. The van der Waals surface area contributed by atoms with E-state index in [9.17, 15) is 24.3 Å². The van der Waals surface area contributed by atoms with Crippen LogP contribution in [0.5, 0.6) is 0 Å². The molecule has 1 aromatic rings. The van der Waals surface area contributed by atoms with Crippen LogP contribution >= 0.6 is 0 Å². The molecule has 1 aromatic carbocycles. The van der Waals surface area contributed by atoms with E-state index in [1.807, 2.05) is 62.4 Å². The number of amides is 3. The summed E-state index contributed by atoms with van der Waals surface area (Å²) in [4.78, 5) is 61.3.